The van der Waals surface area contributed by atoms with Crippen molar-refractivity contribution in [1.82, 2.24) is 4.98 Å². The summed E-state index contributed by atoms with van der Waals surface area (Å²) in [6.45, 7) is 3.82. The Morgan fingerprint density at radius 1 is 1.67 bits per heavy atom. The highest BCUT2D eigenvalue weighted by Crippen LogP contribution is 2.09. The lowest BCUT2D eigenvalue weighted by Gasteiger charge is -1.99. The fourth-order valence-electron chi connectivity index (χ4n) is 1.05. The summed E-state index contributed by atoms with van der Waals surface area (Å²) in [5, 5.41) is 0. The number of aromatic nitrogens is 1. The highest BCUT2D eigenvalue weighted by atomic mass is 19.1. The molecule has 3 nitrogen and oxygen atoms in total. The van der Waals surface area contributed by atoms with Crippen LogP contribution in [0.2, 0.25) is 0 Å². The number of rotatable bonds is 3. The number of ether oxygens (including phenoxy) is 1. The molecular formula is C11H12FNO2. The minimum absolute atomic E-state index is 0.337. The largest absolute Gasteiger partial charge is 0.463 e. The van der Waals surface area contributed by atoms with Gasteiger partial charge in [-0.15, -0.1) is 0 Å². The van der Waals surface area contributed by atoms with E-state index in [0.717, 1.165) is 5.56 Å². The van der Waals surface area contributed by atoms with Crippen LogP contribution in [0.1, 0.15) is 18.1 Å². The average Bonchev–Trinajstić information content (AvgIpc) is 2.17. The van der Waals surface area contributed by atoms with Crippen LogP contribution in [-0.2, 0) is 9.53 Å². The molecule has 4 heteroatoms. The summed E-state index contributed by atoms with van der Waals surface area (Å²) >= 11 is 0. The van der Waals surface area contributed by atoms with E-state index in [1.165, 1.54) is 18.3 Å². The zero-order valence-electron chi connectivity index (χ0n) is 8.66. The van der Waals surface area contributed by atoms with Gasteiger partial charge >= 0.3 is 5.97 Å². The summed E-state index contributed by atoms with van der Waals surface area (Å²) in [7, 11) is 0. The maximum atomic E-state index is 12.6. The molecule has 15 heavy (non-hydrogen) atoms. The SMILES string of the molecule is CCOC(=O)C=Cc1cnc(F)cc1C. The third-order valence-electron chi connectivity index (χ3n) is 1.80. The summed E-state index contributed by atoms with van der Waals surface area (Å²) < 4.78 is 17.3. The normalized spacial score (nSPS) is 10.6. The van der Waals surface area contributed by atoms with Gasteiger partial charge < -0.3 is 4.74 Å². The molecule has 1 aromatic heterocycles. The van der Waals surface area contributed by atoms with Crippen molar-refractivity contribution in [3.63, 3.8) is 0 Å². The van der Waals surface area contributed by atoms with Crippen molar-refractivity contribution in [2.24, 2.45) is 0 Å². The number of hydrogen-bond donors (Lipinski definition) is 0. The first-order chi connectivity index (χ1) is 7.13. The Balaban J connectivity index is 2.76. The lowest BCUT2D eigenvalue weighted by molar-refractivity contribution is -0.137. The molecule has 0 atom stereocenters. The van der Waals surface area contributed by atoms with Crippen LogP contribution in [0.4, 0.5) is 4.39 Å². The highest BCUT2D eigenvalue weighted by Gasteiger charge is 1.99. The monoisotopic (exact) mass is 209 g/mol. The first-order valence-corrected chi connectivity index (χ1v) is 4.60. The van der Waals surface area contributed by atoms with E-state index >= 15 is 0 Å². The van der Waals surface area contributed by atoms with E-state index in [1.807, 2.05) is 0 Å². The zero-order valence-corrected chi connectivity index (χ0v) is 8.66. The average molecular weight is 209 g/mol. The van der Waals surface area contributed by atoms with Gasteiger partial charge in [0.2, 0.25) is 5.95 Å². The number of esters is 1. The molecule has 80 valence electrons. The quantitative estimate of drug-likeness (QED) is 0.435. The van der Waals surface area contributed by atoms with E-state index in [-0.39, 0.29) is 0 Å². The van der Waals surface area contributed by atoms with Gasteiger partial charge in [-0.25, -0.2) is 9.78 Å². The first-order valence-electron chi connectivity index (χ1n) is 4.60. The molecule has 0 bridgehead atoms. The number of aryl methyl sites for hydroxylation is 1. The molecule has 0 radical (unpaired) electrons. The standard InChI is InChI=1S/C11H12FNO2/c1-3-15-11(14)5-4-9-7-13-10(12)6-8(9)2/h4-7H,3H2,1-2H3. The van der Waals surface area contributed by atoms with Gasteiger partial charge in [-0.3, -0.25) is 0 Å². The summed E-state index contributed by atoms with van der Waals surface area (Å²) in [6, 6.07) is 1.31. The highest BCUT2D eigenvalue weighted by molar-refractivity contribution is 5.87. The molecule has 1 rings (SSSR count). The number of carbonyl (C=O) groups excluding carboxylic acids is 1. The van der Waals surface area contributed by atoms with Crippen molar-refractivity contribution in [2.45, 2.75) is 13.8 Å². The summed E-state index contributed by atoms with van der Waals surface area (Å²) in [5.41, 5.74) is 1.42. The third-order valence-corrected chi connectivity index (χ3v) is 1.80. The molecule has 0 fully saturated rings. The minimum atomic E-state index is -0.527. The van der Waals surface area contributed by atoms with Gasteiger partial charge in [0.1, 0.15) is 0 Å². The molecule has 0 aliphatic carbocycles. The Morgan fingerprint density at radius 2 is 2.40 bits per heavy atom. The lowest BCUT2D eigenvalue weighted by Crippen LogP contribution is -1.99. The van der Waals surface area contributed by atoms with Gasteiger partial charge in [-0.05, 0) is 37.1 Å². The molecule has 1 aromatic rings. The molecule has 1 heterocycles. The summed E-state index contributed by atoms with van der Waals surface area (Å²) in [5.74, 6) is -0.943. The second-order valence-electron chi connectivity index (χ2n) is 2.95. The van der Waals surface area contributed by atoms with Crippen LogP contribution in [0, 0.1) is 12.9 Å². The Labute approximate surface area is 87.6 Å². The Bertz CT molecular complexity index is 388. The maximum absolute atomic E-state index is 12.6. The summed E-state index contributed by atoms with van der Waals surface area (Å²) in [6.07, 6.45) is 4.23. The van der Waals surface area contributed by atoms with Crippen LogP contribution >= 0.6 is 0 Å². The Hall–Kier alpha value is -1.71. The van der Waals surface area contributed by atoms with E-state index in [4.69, 9.17) is 4.74 Å². The number of halogens is 1. The van der Waals surface area contributed by atoms with Crippen molar-refractivity contribution < 1.29 is 13.9 Å². The van der Waals surface area contributed by atoms with Gasteiger partial charge in [-0.1, -0.05) is 0 Å². The number of hydrogen-bond acceptors (Lipinski definition) is 3. The van der Waals surface area contributed by atoms with Crippen molar-refractivity contribution in [2.75, 3.05) is 6.61 Å². The fraction of sp³-hybridized carbons (Fsp3) is 0.273. The van der Waals surface area contributed by atoms with E-state index in [0.29, 0.717) is 12.2 Å². The van der Waals surface area contributed by atoms with Gasteiger partial charge in [0.15, 0.2) is 0 Å². The molecule has 0 aliphatic rings. The van der Waals surface area contributed by atoms with Crippen molar-refractivity contribution in [1.29, 1.82) is 0 Å². The van der Waals surface area contributed by atoms with Crippen molar-refractivity contribution in [3.05, 3.63) is 35.4 Å². The predicted octanol–water partition coefficient (Wildman–Crippen LogP) is 2.11. The van der Waals surface area contributed by atoms with Crippen LogP contribution in [-0.4, -0.2) is 17.6 Å². The predicted molar refractivity (Wildman–Crippen MR) is 54.6 cm³/mol. The Morgan fingerprint density at radius 3 is 3.00 bits per heavy atom. The smallest absolute Gasteiger partial charge is 0.330 e. The van der Waals surface area contributed by atoms with Gasteiger partial charge in [0.05, 0.1) is 6.61 Å². The van der Waals surface area contributed by atoms with Crippen molar-refractivity contribution in [3.8, 4) is 0 Å². The van der Waals surface area contributed by atoms with E-state index in [2.05, 4.69) is 4.98 Å². The molecule has 0 spiro atoms. The second-order valence-corrected chi connectivity index (χ2v) is 2.95. The van der Waals surface area contributed by atoms with E-state index < -0.39 is 11.9 Å². The number of pyridine rings is 1. The number of carbonyl (C=O) groups is 1. The molecule has 0 aliphatic heterocycles. The lowest BCUT2D eigenvalue weighted by atomic mass is 10.1. The molecule has 0 saturated carbocycles. The van der Waals surface area contributed by atoms with Gasteiger partial charge in [0.25, 0.3) is 0 Å². The van der Waals surface area contributed by atoms with E-state index in [1.54, 1.807) is 19.9 Å². The van der Waals surface area contributed by atoms with Crippen LogP contribution in [0.25, 0.3) is 6.08 Å². The number of nitrogens with zero attached hydrogens (tertiary/aromatic N) is 1. The van der Waals surface area contributed by atoms with Gasteiger partial charge in [0, 0.05) is 12.3 Å². The minimum Gasteiger partial charge on any atom is -0.463 e. The molecular weight excluding hydrogens is 197 g/mol. The zero-order chi connectivity index (χ0) is 11.3. The van der Waals surface area contributed by atoms with Crippen LogP contribution in [0.3, 0.4) is 0 Å². The molecule has 0 aromatic carbocycles. The van der Waals surface area contributed by atoms with Crippen LogP contribution in [0.5, 0.6) is 0 Å². The third kappa shape index (κ3) is 3.50. The molecule has 0 saturated heterocycles. The van der Waals surface area contributed by atoms with Gasteiger partial charge in [-0.2, -0.15) is 4.39 Å². The molecule has 0 unspecified atom stereocenters. The van der Waals surface area contributed by atoms with Crippen molar-refractivity contribution >= 4 is 12.0 Å². The molecule has 0 amide bonds. The van der Waals surface area contributed by atoms with Crippen LogP contribution < -0.4 is 0 Å². The second kappa shape index (κ2) is 5.24. The maximum Gasteiger partial charge on any atom is 0.330 e. The topological polar surface area (TPSA) is 39.2 Å². The first kappa shape index (κ1) is 11.4. The Kier molecular flexibility index (Phi) is 3.97. The van der Waals surface area contributed by atoms with E-state index in [9.17, 15) is 9.18 Å². The summed E-state index contributed by atoms with van der Waals surface area (Å²) in [4.78, 5) is 14.5. The fourth-order valence-corrected chi connectivity index (χ4v) is 1.05. The van der Waals surface area contributed by atoms with Crippen LogP contribution in [0.15, 0.2) is 18.3 Å². The molecule has 0 N–H and O–H groups in total.